The zero-order chi connectivity index (χ0) is 17.3. The number of aliphatic hydroxyl groups is 1. The fraction of sp³-hybridized carbons (Fsp3) is 0.444. The van der Waals surface area contributed by atoms with E-state index in [4.69, 9.17) is 0 Å². The third kappa shape index (κ3) is 3.48. The molecule has 24 heavy (non-hydrogen) atoms. The molecule has 1 aliphatic rings. The minimum Gasteiger partial charge on any atom is -0.383 e. The van der Waals surface area contributed by atoms with Crippen molar-refractivity contribution < 1.29 is 14.3 Å². The number of fused-ring (bicyclic) bond motifs is 1. The summed E-state index contributed by atoms with van der Waals surface area (Å²) in [7, 11) is 0. The van der Waals surface area contributed by atoms with Crippen LogP contribution in [0.2, 0.25) is 0 Å². The fourth-order valence-corrected chi connectivity index (χ4v) is 3.01. The van der Waals surface area contributed by atoms with Crippen molar-refractivity contribution >= 4 is 5.91 Å². The topological polar surface area (TPSA) is 69.2 Å². The van der Waals surface area contributed by atoms with Crippen LogP contribution in [0.15, 0.2) is 24.3 Å². The van der Waals surface area contributed by atoms with Crippen LogP contribution in [-0.2, 0) is 17.8 Å². The highest BCUT2D eigenvalue weighted by Crippen LogP contribution is 2.24. The maximum Gasteiger partial charge on any atom is 0.251 e. The molecule has 0 unspecified atom stereocenters. The number of hydrogen-bond acceptors (Lipinski definition) is 3. The summed E-state index contributed by atoms with van der Waals surface area (Å²) >= 11 is 0. The van der Waals surface area contributed by atoms with Crippen LogP contribution in [0.3, 0.4) is 0 Å². The van der Waals surface area contributed by atoms with Crippen molar-refractivity contribution in [1.82, 2.24) is 14.9 Å². The van der Waals surface area contributed by atoms with Gasteiger partial charge in [0.2, 0.25) is 0 Å². The molecule has 0 saturated carbocycles. The molecule has 6 heteroatoms. The molecule has 1 atom stereocenters. The van der Waals surface area contributed by atoms with Gasteiger partial charge in [-0.05, 0) is 24.5 Å². The molecule has 2 heterocycles. The standard InChI is InChI=1S/C18H22FN3O2/c1-11(2)8-16(23)18(24)22-7-6-14-15(10-22)21-17(20-14)12-4-3-5-13(19)9-12/h3-5,9,11,16,23H,6-8,10H2,1-2H3,(H,20,21)/t16-/m1/s1. The molecule has 2 aromatic rings. The van der Waals surface area contributed by atoms with Gasteiger partial charge in [0.25, 0.3) is 5.91 Å². The van der Waals surface area contributed by atoms with Gasteiger partial charge in [-0.15, -0.1) is 0 Å². The minimum absolute atomic E-state index is 0.240. The molecule has 0 spiro atoms. The first-order valence-corrected chi connectivity index (χ1v) is 8.24. The molecule has 3 rings (SSSR count). The van der Waals surface area contributed by atoms with Crippen molar-refractivity contribution in [3.05, 3.63) is 41.5 Å². The second-order valence-corrected chi connectivity index (χ2v) is 6.68. The van der Waals surface area contributed by atoms with Crippen LogP contribution in [0.1, 0.15) is 31.7 Å². The summed E-state index contributed by atoms with van der Waals surface area (Å²) in [6.07, 6.45) is 0.123. The highest BCUT2D eigenvalue weighted by Gasteiger charge is 2.28. The van der Waals surface area contributed by atoms with Gasteiger partial charge in [0, 0.05) is 18.5 Å². The first-order valence-electron chi connectivity index (χ1n) is 8.24. The van der Waals surface area contributed by atoms with Crippen molar-refractivity contribution in [2.24, 2.45) is 5.92 Å². The van der Waals surface area contributed by atoms with Crippen LogP contribution in [0.5, 0.6) is 0 Å². The van der Waals surface area contributed by atoms with Crippen LogP contribution in [0.25, 0.3) is 11.4 Å². The minimum atomic E-state index is -0.961. The molecule has 0 aliphatic carbocycles. The average Bonchev–Trinajstić information content (AvgIpc) is 2.96. The molecule has 0 bridgehead atoms. The Morgan fingerprint density at radius 1 is 1.46 bits per heavy atom. The van der Waals surface area contributed by atoms with Crippen LogP contribution < -0.4 is 0 Å². The van der Waals surface area contributed by atoms with E-state index in [0.717, 1.165) is 11.4 Å². The zero-order valence-electron chi connectivity index (χ0n) is 13.9. The number of benzene rings is 1. The lowest BCUT2D eigenvalue weighted by atomic mass is 10.0. The number of hydrogen-bond donors (Lipinski definition) is 2. The Morgan fingerprint density at radius 2 is 2.25 bits per heavy atom. The molecular formula is C18H22FN3O2. The summed E-state index contributed by atoms with van der Waals surface area (Å²) < 4.78 is 13.4. The van der Waals surface area contributed by atoms with Gasteiger partial charge in [0.15, 0.2) is 0 Å². The number of aromatic nitrogens is 2. The molecule has 0 fully saturated rings. The molecule has 0 radical (unpaired) electrons. The van der Waals surface area contributed by atoms with Gasteiger partial charge < -0.3 is 15.0 Å². The molecule has 5 nitrogen and oxygen atoms in total. The lowest BCUT2D eigenvalue weighted by Gasteiger charge is -2.28. The summed E-state index contributed by atoms with van der Waals surface area (Å²) in [4.78, 5) is 21.7. The molecular weight excluding hydrogens is 309 g/mol. The van der Waals surface area contributed by atoms with E-state index in [1.807, 2.05) is 13.8 Å². The zero-order valence-corrected chi connectivity index (χ0v) is 13.9. The lowest BCUT2D eigenvalue weighted by Crippen LogP contribution is -2.42. The Balaban J connectivity index is 1.76. The smallest absolute Gasteiger partial charge is 0.251 e. The number of nitrogens with one attached hydrogen (secondary N) is 1. The summed E-state index contributed by atoms with van der Waals surface area (Å²) in [5.74, 6) is 0.319. The number of carbonyl (C=O) groups is 1. The maximum absolute atomic E-state index is 13.4. The molecule has 2 N–H and O–H groups in total. The Hall–Kier alpha value is -2.21. The number of H-pyrrole nitrogens is 1. The normalized spacial score (nSPS) is 15.5. The largest absolute Gasteiger partial charge is 0.383 e. The molecule has 1 aromatic carbocycles. The van der Waals surface area contributed by atoms with Crippen LogP contribution in [-0.4, -0.2) is 38.5 Å². The average molecular weight is 331 g/mol. The monoisotopic (exact) mass is 331 g/mol. The van der Waals surface area contributed by atoms with Gasteiger partial charge in [0.05, 0.1) is 17.9 Å². The second kappa shape index (κ2) is 6.73. The van der Waals surface area contributed by atoms with Crippen LogP contribution in [0, 0.1) is 11.7 Å². The summed E-state index contributed by atoms with van der Waals surface area (Å²) in [5.41, 5.74) is 2.43. The first kappa shape index (κ1) is 16.6. The number of aromatic amines is 1. The fourth-order valence-electron chi connectivity index (χ4n) is 3.01. The van der Waals surface area contributed by atoms with Gasteiger partial charge in [-0.2, -0.15) is 0 Å². The van der Waals surface area contributed by atoms with Crippen molar-refractivity contribution in [2.75, 3.05) is 6.54 Å². The highest BCUT2D eigenvalue weighted by molar-refractivity contribution is 5.80. The predicted octanol–water partition coefficient (Wildman–Crippen LogP) is 2.51. The van der Waals surface area contributed by atoms with E-state index in [1.165, 1.54) is 12.1 Å². The Morgan fingerprint density at radius 3 is 2.96 bits per heavy atom. The van der Waals surface area contributed by atoms with E-state index < -0.39 is 6.10 Å². The molecule has 1 amide bonds. The van der Waals surface area contributed by atoms with E-state index in [9.17, 15) is 14.3 Å². The van der Waals surface area contributed by atoms with E-state index in [1.54, 1.807) is 17.0 Å². The van der Waals surface area contributed by atoms with Gasteiger partial charge >= 0.3 is 0 Å². The predicted molar refractivity (Wildman–Crippen MR) is 88.6 cm³/mol. The van der Waals surface area contributed by atoms with E-state index in [2.05, 4.69) is 9.97 Å². The molecule has 128 valence electrons. The van der Waals surface area contributed by atoms with Crippen molar-refractivity contribution in [2.45, 2.75) is 39.3 Å². The van der Waals surface area contributed by atoms with Crippen molar-refractivity contribution in [3.8, 4) is 11.4 Å². The first-order chi connectivity index (χ1) is 11.4. The summed E-state index contributed by atoms with van der Waals surface area (Å²) in [6.45, 7) is 4.88. The lowest BCUT2D eigenvalue weighted by molar-refractivity contribution is -0.142. The highest BCUT2D eigenvalue weighted by atomic mass is 19.1. The van der Waals surface area contributed by atoms with E-state index in [0.29, 0.717) is 37.3 Å². The third-order valence-corrected chi connectivity index (χ3v) is 4.22. The molecule has 1 aliphatic heterocycles. The van der Waals surface area contributed by atoms with Crippen molar-refractivity contribution in [3.63, 3.8) is 0 Å². The summed E-state index contributed by atoms with van der Waals surface area (Å²) in [6, 6.07) is 6.26. The van der Waals surface area contributed by atoms with Crippen LogP contribution in [0.4, 0.5) is 4.39 Å². The quantitative estimate of drug-likeness (QED) is 0.904. The second-order valence-electron chi connectivity index (χ2n) is 6.68. The van der Waals surface area contributed by atoms with E-state index >= 15 is 0 Å². The van der Waals surface area contributed by atoms with Gasteiger partial charge in [0.1, 0.15) is 17.7 Å². The maximum atomic E-state index is 13.4. The Labute approximate surface area is 140 Å². The molecule has 1 aromatic heterocycles. The number of amides is 1. The van der Waals surface area contributed by atoms with Gasteiger partial charge in [-0.25, -0.2) is 9.37 Å². The number of carbonyl (C=O) groups excluding carboxylic acids is 1. The van der Waals surface area contributed by atoms with Crippen LogP contribution >= 0.6 is 0 Å². The van der Waals surface area contributed by atoms with E-state index in [-0.39, 0.29) is 17.6 Å². The SMILES string of the molecule is CC(C)C[C@@H](O)C(=O)N1CCc2nc(-c3cccc(F)c3)[nH]c2C1. The number of rotatable bonds is 4. The Bertz CT molecular complexity index is 742. The molecule has 0 saturated heterocycles. The number of aliphatic hydroxyl groups excluding tert-OH is 1. The number of nitrogens with zero attached hydrogens (tertiary/aromatic N) is 2. The van der Waals surface area contributed by atoms with Gasteiger partial charge in [-0.1, -0.05) is 26.0 Å². The van der Waals surface area contributed by atoms with Crippen molar-refractivity contribution in [1.29, 1.82) is 0 Å². The number of halogens is 1. The number of imidazole rings is 1. The third-order valence-electron chi connectivity index (χ3n) is 4.22. The Kier molecular flexibility index (Phi) is 4.66. The van der Waals surface area contributed by atoms with Gasteiger partial charge in [-0.3, -0.25) is 4.79 Å². The summed E-state index contributed by atoms with van der Waals surface area (Å²) in [5, 5.41) is 10.0.